The molecular weight excluding hydrogens is 254 g/mol. The van der Waals surface area contributed by atoms with Crippen molar-refractivity contribution < 1.29 is 14.7 Å². The molecule has 0 fully saturated rings. The van der Waals surface area contributed by atoms with E-state index in [1.807, 2.05) is 0 Å². The normalized spacial score (nSPS) is 9.95. The number of nitrogens with one attached hydrogen (secondary N) is 2. The molecule has 0 unspecified atom stereocenters. The zero-order chi connectivity index (χ0) is 14.3. The molecule has 0 bridgehead atoms. The molecule has 0 aliphatic heterocycles. The average molecular weight is 269 g/mol. The minimum absolute atomic E-state index is 0.146. The van der Waals surface area contributed by atoms with Crippen molar-refractivity contribution in [2.75, 3.05) is 31.5 Å². The Morgan fingerprint density at radius 2 is 2.26 bits per heavy atom. The van der Waals surface area contributed by atoms with E-state index in [0.29, 0.717) is 5.82 Å². The number of anilines is 1. The van der Waals surface area contributed by atoms with Gasteiger partial charge in [0.15, 0.2) is 0 Å². The molecule has 19 heavy (non-hydrogen) atoms. The van der Waals surface area contributed by atoms with E-state index in [1.54, 1.807) is 0 Å². The van der Waals surface area contributed by atoms with Gasteiger partial charge in [0.2, 0.25) is 5.91 Å². The van der Waals surface area contributed by atoms with Crippen LogP contribution in [0.1, 0.15) is 0 Å². The van der Waals surface area contributed by atoms with Crippen LogP contribution in [0.4, 0.5) is 5.82 Å². The van der Waals surface area contributed by atoms with Crippen LogP contribution in [0.2, 0.25) is 0 Å². The molecule has 0 aliphatic rings. The molecule has 1 aromatic heterocycles. The maximum atomic E-state index is 11.8. The number of hydrogen-bond donors (Lipinski definition) is 4. The Kier molecular flexibility index (Phi) is 5.48. The van der Waals surface area contributed by atoms with E-state index in [4.69, 9.17) is 10.8 Å². The quantitative estimate of drug-likeness (QED) is 0.451. The first-order valence-electron chi connectivity index (χ1n) is 5.51. The van der Waals surface area contributed by atoms with Gasteiger partial charge in [-0.1, -0.05) is 0 Å². The van der Waals surface area contributed by atoms with E-state index in [9.17, 15) is 14.4 Å². The van der Waals surface area contributed by atoms with Gasteiger partial charge in [-0.25, -0.2) is 9.78 Å². The van der Waals surface area contributed by atoms with Gasteiger partial charge in [-0.15, -0.1) is 0 Å². The molecule has 0 atom stereocenters. The zero-order valence-electron chi connectivity index (χ0n) is 10.1. The van der Waals surface area contributed by atoms with Crippen LogP contribution in [0.25, 0.3) is 0 Å². The summed E-state index contributed by atoms with van der Waals surface area (Å²) in [5, 5.41) is 11.3. The topological polar surface area (TPSA) is 141 Å². The lowest BCUT2D eigenvalue weighted by molar-refractivity contribution is -0.143. The van der Waals surface area contributed by atoms with Crippen LogP contribution in [-0.4, -0.2) is 58.0 Å². The number of carbonyl (C=O) groups excluding carboxylic acids is 1. The minimum atomic E-state index is -1.11. The summed E-state index contributed by atoms with van der Waals surface area (Å²) in [6, 6.07) is 1.49. The molecule has 0 saturated heterocycles. The van der Waals surface area contributed by atoms with Gasteiger partial charge in [0.25, 0.3) is 0 Å². The molecule has 1 heterocycles. The summed E-state index contributed by atoms with van der Waals surface area (Å²) in [5.41, 5.74) is 4.77. The zero-order valence-corrected chi connectivity index (χ0v) is 10.1. The maximum absolute atomic E-state index is 11.8. The van der Waals surface area contributed by atoms with Crippen molar-refractivity contribution >= 4 is 17.7 Å². The summed E-state index contributed by atoms with van der Waals surface area (Å²) in [4.78, 5) is 40.2. The summed E-state index contributed by atoms with van der Waals surface area (Å²) < 4.78 is 0. The van der Waals surface area contributed by atoms with Crippen LogP contribution < -0.4 is 16.7 Å². The third-order valence-electron chi connectivity index (χ3n) is 2.18. The minimum Gasteiger partial charge on any atom is -0.480 e. The molecule has 0 aromatic carbocycles. The Balaban J connectivity index is 2.56. The van der Waals surface area contributed by atoms with Gasteiger partial charge in [0, 0.05) is 19.3 Å². The third kappa shape index (κ3) is 5.17. The summed E-state index contributed by atoms with van der Waals surface area (Å²) in [6.07, 6.45) is 1.29. The summed E-state index contributed by atoms with van der Waals surface area (Å²) >= 11 is 0. The van der Waals surface area contributed by atoms with Gasteiger partial charge < -0.3 is 21.1 Å². The third-order valence-corrected chi connectivity index (χ3v) is 2.18. The predicted octanol–water partition coefficient (Wildman–Crippen LogP) is -1.95. The molecular formula is C10H15N5O4. The van der Waals surface area contributed by atoms with Crippen LogP contribution in [0.5, 0.6) is 0 Å². The highest BCUT2D eigenvalue weighted by molar-refractivity contribution is 5.84. The second-order valence-electron chi connectivity index (χ2n) is 3.64. The van der Waals surface area contributed by atoms with Crippen LogP contribution >= 0.6 is 0 Å². The lowest BCUT2D eigenvalue weighted by Gasteiger charge is -2.20. The highest BCUT2D eigenvalue weighted by Gasteiger charge is 2.15. The Bertz CT molecular complexity index is 501. The molecule has 9 nitrogen and oxygen atoms in total. The van der Waals surface area contributed by atoms with Gasteiger partial charge in [-0.05, 0) is 6.07 Å². The predicted molar refractivity (Wildman–Crippen MR) is 66.6 cm³/mol. The number of nitrogens with two attached hydrogens (primary N) is 1. The van der Waals surface area contributed by atoms with Crippen molar-refractivity contribution in [3.05, 3.63) is 22.7 Å². The van der Waals surface area contributed by atoms with Crippen molar-refractivity contribution in [1.82, 2.24) is 14.9 Å². The number of amides is 1. The van der Waals surface area contributed by atoms with E-state index in [1.165, 1.54) is 12.3 Å². The Morgan fingerprint density at radius 3 is 2.84 bits per heavy atom. The van der Waals surface area contributed by atoms with Crippen molar-refractivity contribution in [1.29, 1.82) is 0 Å². The van der Waals surface area contributed by atoms with Crippen molar-refractivity contribution in [3.63, 3.8) is 0 Å². The van der Waals surface area contributed by atoms with Crippen molar-refractivity contribution in [2.24, 2.45) is 5.73 Å². The van der Waals surface area contributed by atoms with Gasteiger partial charge in [-0.2, -0.15) is 0 Å². The highest BCUT2D eigenvalue weighted by Crippen LogP contribution is 1.96. The second-order valence-corrected chi connectivity index (χ2v) is 3.64. The molecule has 1 aromatic rings. The van der Waals surface area contributed by atoms with E-state index in [0.717, 1.165) is 4.90 Å². The first-order valence-corrected chi connectivity index (χ1v) is 5.51. The number of nitrogens with zero attached hydrogens (tertiary/aromatic N) is 2. The van der Waals surface area contributed by atoms with Crippen molar-refractivity contribution in [3.8, 4) is 0 Å². The SMILES string of the molecule is NCCN(CC(=O)O)C(=O)CNc1ccnc(=O)[nH]1. The Hall–Kier alpha value is -2.42. The van der Waals surface area contributed by atoms with Gasteiger partial charge in [0.05, 0.1) is 6.54 Å². The number of carbonyl (C=O) groups is 2. The first kappa shape index (κ1) is 14.6. The number of aliphatic carboxylic acids is 1. The van der Waals surface area contributed by atoms with Crippen molar-refractivity contribution in [2.45, 2.75) is 0 Å². The number of rotatable bonds is 7. The standard InChI is InChI=1S/C10H15N5O4/c11-2-4-15(6-9(17)18)8(16)5-13-7-1-3-12-10(19)14-7/h1,3H,2,4-6,11H2,(H,17,18)(H2,12,13,14,19). The number of H-pyrrole nitrogens is 1. The van der Waals surface area contributed by atoms with Gasteiger partial charge >= 0.3 is 11.7 Å². The van der Waals surface area contributed by atoms with E-state index < -0.39 is 24.1 Å². The van der Waals surface area contributed by atoms with E-state index in [2.05, 4.69) is 15.3 Å². The van der Waals surface area contributed by atoms with E-state index >= 15 is 0 Å². The number of hydrogen-bond acceptors (Lipinski definition) is 6. The lowest BCUT2D eigenvalue weighted by atomic mass is 10.4. The maximum Gasteiger partial charge on any atom is 0.346 e. The molecule has 0 radical (unpaired) electrons. The molecule has 104 valence electrons. The first-order chi connectivity index (χ1) is 9.02. The molecule has 1 amide bonds. The fourth-order valence-electron chi connectivity index (χ4n) is 1.37. The molecule has 0 saturated carbocycles. The van der Waals surface area contributed by atoms with Crippen LogP contribution in [0.3, 0.4) is 0 Å². The van der Waals surface area contributed by atoms with Crippen LogP contribution in [0.15, 0.2) is 17.1 Å². The molecule has 0 spiro atoms. The number of aromatic amines is 1. The number of aromatic nitrogens is 2. The second kappa shape index (κ2) is 7.11. The van der Waals surface area contributed by atoms with E-state index in [-0.39, 0.29) is 19.6 Å². The molecule has 5 N–H and O–H groups in total. The van der Waals surface area contributed by atoms with Gasteiger partial charge in [-0.3, -0.25) is 14.6 Å². The van der Waals surface area contributed by atoms with Gasteiger partial charge in [0.1, 0.15) is 12.4 Å². The smallest absolute Gasteiger partial charge is 0.346 e. The fraction of sp³-hybridized carbons (Fsp3) is 0.400. The lowest BCUT2D eigenvalue weighted by Crippen LogP contribution is -2.42. The summed E-state index contributed by atoms with van der Waals surface area (Å²) in [5.74, 6) is -1.21. The molecule has 0 aliphatic carbocycles. The number of carboxylic acid groups (broad SMARTS) is 1. The average Bonchev–Trinajstić information content (AvgIpc) is 2.35. The Morgan fingerprint density at radius 1 is 1.53 bits per heavy atom. The number of carboxylic acids is 1. The molecule has 9 heteroatoms. The summed E-state index contributed by atoms with van der Waals surface area (Å²) in [7, 11) is 0. The monoisotopic (exact) mass is 269 g/mol. The highest BCUT2D eigenvalue weighted by atomic mass is 16.4. The van der Waals surface area contributed by atoms with Crippen LogP contribution in [0, 0.1) is 0 Å². The summed E-state index contributed by atoms with van der Waals surface area (Å²) in [6.45, 7) is -0.234. The fourth-order valence-corrected chi connectivity index (χ4v) is 1.37. The molecule has 1 rings (SSSR count). The Labute approximate surface area is 108 Å². The van der Waals surface area contributed by atoms with Crippen LogP contribution in [-0.2, 0) is 9.59 Å². The largest absolute Gasteiger partial charge is 0.480 e.